The lowest BCUT2D eigenvalue weighted by atomic mass is 10.3. The Balaban J connectivity index is 1.87. The highest BCUT2D eigenvalue weighted by Crippen LogP contribution is 2.19. The number of aromatic nitrogens is 4. The molecule has 0 unspecified atom stereocenters. The van der Waals surface area contributed by atoms with Crippen LogP contribution < -0.4 is 4.74 Å². The van der Waals surface area contributed by atoms with Crippen molar-refractivity contribution in [3.05, 3.63) is 48.8 Å². The third-order valence-electron chi connectivity index (χ3n) is 2.68. The van der Waals surface area contributed by atoms with Crippen molar-refractivity contribution < 1.29 is 9.53 Å². The van der Waals surface area contributed by atoms with Gasteiger partial charge in [-0.25, -0.2) is 14.8 Å². The number of benzene rings is 1. The maximum Gasteiger partial charge on any atom is 0.363 e. The zero-order valence-electron chi connectivity index (χ0n) is 10.1. The summed E-state index contributed by atoms with van der Waals surface area (Å²) in [4.78, 5) is 23.7. The molecule has 0 spiro atoms. The number of nitrogens with zero attached hydrogens (tertiary/aromatic N) is 4. The molecule has 0 aliphatic rings. The van der Waals surface area contributed by atoms with E-state index in [0.717, 1.165) is 11.0 Å². The third kappa shape index (κ3) is 2.15. The van der Waals surface area contributed by atoms with Crippen LogP contribution in [0.5, 0.6) is 5.75 Å². The average molecular weight is 254 g/mol. The third-order valence-corrected chi connectivity index (χ3v) is 2.68. The van der Waals surface area contributed by atoms with Crippen molar-refractivity contribution in [2.75, 3.05) is 0 Å². The molecule has 0 N–H and O–H groups in total. The van der Waals surface area contributed by atoms with E-state index < -0.39 is 5.97 Å². The Labute approximate surface area is 108 Å². The van der Waals surface area contributed by atoms with Gasteiger partial charge in [0.05, 0.1) is 23.6 Å². The molecule has 0 atom stereocenters. The Kier molecular flexibility index (Phi) is 2.68. The van der Waals surface area contributed by atoms with Crippen molar-refractivity contribution in [3.63, 3.8) is 0 Å². The molecule has 6 heteroatoms. The van der Waals surface area contributed by atoms with E-state index in [-0.39, 0.29) is 5.69 Å². The van der Waals surface area contributed by atoms with Crippen molar-refractivity contribution in [2.45, 2.75) is 0 Å². The van der Waals surface area contributed by atoms with Crippen molar-refractivity contribution in [1.82, 2.24) is 19.5 Å². The lowest BCUT2D eigenvalue weighted by Gasteiger charge is -2.03. The zero-order valence-corrected chi connectivity index (χ0v) is 10.1. The van der Waals surface area contributed by atoms with Gasteiger partial charge in [0.15, 0.2) is 5.69 Å². The van der Waals surface area contributed by atoms with Crippen LogP contribution in [0.4, 0.5) is 0 Å². The minimum Gasteiger partial charge on any atom is -0.422 e. The van der Waals surface area contributed by atoms with Gasteiger partial charge in [-0.05, 0) is 12.1 Å². The molecule has 0 amide bonds. The number of carbonyl (C=O) groups excluding carboxylic acids is 1. The smallest absolute Gasteiger partial charge is 0.363 e. The number of esters is 1. The fraction of sp³-hybridized carbons (Fsp3) is 0.0769. The van der Waals surface area contributed by atoms with E-state index in [1.807, 2.05) is 17.7 Å². The molecule has 94 valence electrons. The fourth-order valence-electron chi connectivity index (χ4n) is 1.74. The van der Waals surface area contributed by atoms with Gasteiger partial charge < -0.3 is 9.30 Å². The first-order chi connectivity index (χ1) is 9.24. The Morgan fingerprint density at radius 2 is 2.16 bits per heavy atom. The maximum absolute atomic E-state index is 11.8. The first kappa shape index (κ1) is 11.3. The van der Waals surface area contributed by atoms with E-state index >= 15 is 0 Å². The van der Waals surface area contributed by atoms with Crippen LogP contribution in [0.3, 0.4) is 0 Å². The Hall–Kier alpha value is -2.76. The van der Waals surface area contributed by atoms with Crippen LogP contribution in [-0.2, 0) is 7.05 Å². The molecule has 1 aromatic carbocycles. The van der Waals surface area contributed by atoms with E-state index in [0.29, 0.717) is 5.75 Å². The standard InChI is InChI=1S/C13H10N4O2/c1-17-8-16-10-6-9(2-3-12(10)17)19-13(18)11-7-14-4-5-15-11/h2-8H,1H3. The van der Waals surface area contributed by atoms with Gasteiger partial charge in [-0.1, -0.05) is 0 Å². The molecule has 0 aliphatic heterocycles. The molecule has 0 bridgehead atoms. The topological polar surface area (TPSA) is 69.9 Å². The van der Waals surface area contributed by atoms with Crippen LogP contribution in [0.1, 0.15) is 10.5 Å². The van der Waals surface area contributed by atoms with E-state index in [4.69, 9.17) is 4.74 Å². The summed E-state index contributed by atoms with van der Waals surface area (Å²) in [5, 5.41) is 0. The number of imidazole rings is 1. The number of hydrogen-bond donors (Lipinski definition) is 0. The SMILES string of the molecule is Cn1cnc2cc(OC(=O)c3cnccn3)ccc21. The molecule has 0 radical (unpaired) electrons. The largest absolute Gasteiger partial charge is 0.422 e. The Morgan fingerprint density at radius 3 is 2.95 bits per heavy atom. The first-order valence-electron chi connectivity index (χ1n) is 5.63. The lowest BCUT2D eigenvalue weighted by Crippen LogP contribution is -2.10. The predicted molar refractivity (Wildman–Crippen MR) is 67.7 cm³/mol. The van der Waals surface area contributed by atoms with Crippen LogP contribution in [0, 0.1) is 0 Å². The van der Waals surface area contributed by atoms with Crippen LogP contribution in [0.15, 0.2) is 43.1 Å². The van der Waals surface area contributed by atoms with E-state index in [9.17, 15) is 4.79 Å². The molecule has 0 saturated carbocycles. The van der Waals surface area contributed by atoms with Crippen LogP contribution in [0.2, 0.25) is 0 Å². The summed E-state index contributed by atoms with van der Waals surface area (Å²) >= 11 is 0. The fourth-order valence-corrected chi connectivity index (χ4v) is 1.74. The van der Waals surface area contributed by atoms with Gasteiger partial charge in [-0.2, -0.15) is 0 Å². The van der Waals surface area contributed by atoms with Crippen LogP contribution in [0.25, 0.3) is 11.0 Å². The van der Waals surface area contributed by atoms with Crippen LogP contribution >= 0.6 is 0 Å². The molecular formula is C13H10N4O2. The van der Waals surface area contributed by atoms with Gasteiger partial charge in [0, 0.05) is 25.5 Å². The number of hydrogen-bond acceptors (Lipinski definition) is 5. The normalized spacial score (nSPS) is 10.6. The average Bonchev–Trinajstić information content (AvgIpc) is 2.81. The number of rotatable bonds is 2. The second-order valence-corrected chi connectivity index (χ2v) is 3.99. The summed E-state index contributed by atoms with van der Waals surface area (Å²) in [6.45, 7) is 0. The lowest BCUT2D eigenvalue weighted by molar-refractivity contribution is 0.0728. The van der Waals surface area contributed by atoms with Crippen molar-refractivity contribution in [2.24, 2.45) is 7.05 Å². The van der Waals surface area contributed by atoms with Crippen molar-refractivity contribution in [1.29, 1.82) is 0 Å². The monoisotopic (exact) mass is 254 g/mol. The molecule has 2 aromatic heterocycles. The molecule has 0 saturated heterocycles. The molecule has 0 aliphatic carbocycles. The van der Waals surface area contributed by atoms with Gasteiger partial charge in [-0.15, -0.1) is 0 Å². The number of carbonyl (C=O) groups is 1. The summed E-state index contributed by atoms with van der Waals surface area (Å²) in [7, 11) is 1.90. The highest BCUT2D eigenvalue weighted by atomic mass is 16.5. The minimum atomic E-state index is -0.539. The summed E-state index contributed by atoms with van der Waals surface area (Å²) in [6.07, 6.45) is 6.01. The second-order valence-electron chi connectivity index (χ2n) is 3.99. The maximum atomic E-state index is 11.8. The number of aryl methyl sites for hydroxylation is 1. The van der Waals surface area contributed by atoms with Gasteiger partial charge in [0.1, 0.15) is 5.75 Å². The molecule has 2 heterocycles. The summed E-state index contributed by atoms with van der Waals surface area (Å²) in [5.74, 6) is -0.106. The summed E-state index contributed by atoms with van der Waals surface area (Å²) < 4.78 is 7.12. The number of fused-ring (bicyclic) bond motifs is 1. The van der Waals surface area contributed by atoms with E-state index in [2.05, 4.69) is 15.0 Å². The minimum absolute atomic E-state index is 0.170. The highest BCUT2D eigenvalue weighted by molar-refractivity contribution is 5.89. The van der Waals surface area contributed by atoms with Gasteiger partial charge in [0.2, 0.25) is 0 Å². The highest BCUT2D eigenvalue weighted by Gasteiger charge is 2.11. The zero-order chi connectivity index (χ0) is 13.2. The van der Waals surface area contributed by atoms with Crippen LogP contribution in [-0.4, -0.2) is 25.5 Å². The van der Waals surface area contributed by atoms with E-state index in [1.54, 1.807) is 18.5 Å². The summed E-state index contributed by atoms with van der Waals surface area (Å²) in [5.41, 5.74) is 1.91. The predicted octanol–water partition coefficient (Wildman–Crippen LogP) is 1.58. The first-order valence-corrected chi connectivity index (χ1v) is 5.63. The molecule has 3 aromatic rings. The molecule has 0 fully saturated rings. The van der Waals surface area contributed by atoms with E-state index in [1.165, 1.54) is 18.6 Å². The van der Waals surface area contributed by atoms with Crippen molar-refractivity contribution in [3.8, 4) is 5.75 Å². The molecule has 6 nitrogen and oxygen atoms in total. The van der Waals surface area contributed by atoms with Crippen molar-refractivity contribution >= 4 is 17.0 Å². The second kappa shape index (κ2) is 4.49. The molecule has 3 rings (SSSR count). The quantitative estimate of drug-likeness (QED) is 0.513. The molecular weight excluding hydrogens is 244 g/mol. The van der Waals surface area contributed by atoms with Gasteiger partial charge >= 0.3 is 5.97 Å². The number of ether oxygens (including phenoxy) is 1. The summed E-state index contributed by atoms with van der Waals surface area (Å²) in [6, 6.07) is 5.28. The Morgan fingerprint density at radius 1 is 1.26 bits per heavy atom. The molecule has 19 heavy (non-hydrogen) atoms. The van der Waals surface area contributed by atoms with Gasteiger partial charge in [0.25, 0.3) is 0 Å². The van der Waals surface area contributed by atoms with Gasteiger partial charge in [-0.3, -0.25) is 4.98 Å². The Bertz CT molecular complexity index is 737.